The molecule has 0 amide bonds. The van der Waals surface area contributed by atoms with Crippen molar-refractivity contribution in [2.75, 3.05) is 14.2 Å². The van der Waals surface area contributed by atoms with E-state index in [1.54, 1.807) is 0 Å². The molecule has 0 aliphatic carbocycles. The number of methoxy groups -OCH3 is 2. The molecule has 0 fully saturated rings. The van der Waals surface area contributed by atoms with Crippen LogP contribution in [0.5, 0.6) is 11.6 Å². The fraction of sp³-hybridized carbons (Fsp3) is 0.222. The maximum Gasteiger partial charge on any atom is 0.377 e. The van der Waals surface area contributed by atoms with Gasteiger partial charge in [-0.05, 0) is 6.07 Å². The number of ether oxygens (including phenoxy) is 2. The molecule has 80 valence electrons. The summed E-state index contributed by atoms with van der Waals surface area (Å²) >= 11 is 0. The number of carbonyl (C=O) groups is 2. The third-order valence-corrected chi connectivity index (χ3v) is 1.71. The third-order valence-electron chi connectivity index (χ3n) is 1.71. The lowest BCUT2D eigenvalue weighted by atomic mass is 10.1. The highest BCUT2D eigenvalue weighted by Crippen LogP contribution is 2.26. The van der Waals surface area contributed by atoms with E-state index in [1.807, 2.05) is 0 Å². The van der Waals surface area contributed by atoms with Crippen molar-refractivity contribution in [1.29, 1.82) is 0 Å². The summed E-state index contributed by atoms with van der Waals surface area (Å²) in [6.07, 6.45) is 1.36. The van der Waals surface area contributed by atoms with Crippen molar-refractivity contribution in [3.8, 4) is 11.6 Å². The van der Waals surface area contributed by atoms with Crippen LogP contribution in [0, 0.1) is 0 Å². The van der Waals surface area contributed by atoms with Gasteiger partial charge in [0.2, 0.25) is 5.88 Å². The monoisotopic (exact) mass is 211 g/mol. The smallest absolute Gasteiger partial charge is 0.377 e. The van der Waals surface area contributed by atoms with E-state index in [2.05, 4.69) is 4.98 Å². The van der Waals surface area contributed by atoms with Crippen LogP contribution in [0.3, 0.4) is 0 Å². The van der Waals surface area contributed by atoms with Gasteiger partial charge in [0.05, 0.1) is 14.2 Å². The van der Waals surface area contributed by atoms with Crippen molar-refractivity contribution in [1.82, 2.24) is 4.98 Å². The lowest BCUT2D eigenvalue weighted by Crippen LogP contribution is -2.15. The highest BCUT2D eigenvalue weighted by atomic mass is 16.5. The van der Waals surface area contributed by atoms with Crippen molar-refractivity contribution < 1.29 is 24.2 Å². The first-order valence-electron chi connectivity index (χ1n) is 3.96. The van der Waals surface area contributed by atoms with E-state index in [-0.39, 0.29) is 17.2 Å². The topological polar surface area (TPSA) is 85.7 Å². The summed E-state index contributed by atoms with van der Waals surface area (Å²) < 4.78 is 9.64. The molecule has 0 aromatic carbocycles. The fourth-order valence-electron chi connectivity index (χ4n) is 1.07. The van der Waals surface area contributed by atoms with Crippen LogP contribution in [0.2, 0.25) is 0 Å². The summed E-state index contributed by atoms with van der Waals surface area (Å²) in [5, 5.41) is 8.59. The zero-order valence-electron chi connectivity index (χ0n) is 8.18. The number of aliphatic carboxylic acids is 1. The number of hydrogen-bond acceptors (Lipinski definition) is 5. The molecule has 0 aliphatic rings. The molecule has 1 N–H and O–H groups in total. The van der Waals surface area contributed by atoms with Gasteiger partial charge in [0.15, 0.2) is 0 Å². The first-order valence-corrected chi connectivity index (χ1v) is 3.96. The number of carboxylic acids is 1. The Hall–Kier alpha value is -2.11. The zero-order chi connectivity index (χ0) is 11.4. The highest BCUT2D eigenvalue weighted by Gasteiger charge is 2.24. The lowest BCUT2D eigenvalue weighted by Gasteiger charge is -2.08. The van der Waals surface area contributed by atoms with Crippen LogP contribution < -0.4 is 9.47 Å². The number of ketones is 1. The molecular weight excluding hydrogens is 202 g/mol. The number of carbonyl (C=O) groups excluding carboxylic acids is 1. The number of aromatic nitrogens is 1. The van der Waals surface area contributed by atoms with Crippen LogP contribution in [0.1, 0.15) is 10.4 Å². The Balaban J connectivity index is 3.34. The first-order chi connectivity index (χ1) is 7.11. The second-order valence-corrected chi connectivity index (χ2v) is 2.53. The Bertz CT molecular complexity index is 379. The quantitative estimate of drug-likeness (QED) is 0.571. The van der Waals surface area contributed by atoms with Crippen molar-refractivity contribution in [2.24, 2.45) is 0 Å². The van der Waals surface area contributed by atoms with Gasteiger partial charge in [-0.1, -0.05) is 0 Å². The molecule has 1 aromatic heterocycles. The number of carboxylic acid groups (broad SMARTS) is 1. The van der Waals surface area contributed by atoms with E-state index in [4.69, 9.17) is 14.6 Å². The minimum atomic E-state index is -1.58. The predicted octanol–water partition coefficient (Wildman–Crippen LogP) is 0.366. The van der Waals surface area contributed by atoms with Gasteiger partial charge in [0.25, 0.3) is 5.78 Å². The molecule has 15 heavy (non-hydrogen) atoms. The van der Waals surface area contributed by atoms with Crippen molar-refractivity contribution in [3.63, 3.8) is 0 Å². The Labute approximate surface area is 85.5 Å². The predicted molar refractivity (Wildman–Crippen MR) is 49.3 cm³/mol. The molecule has 1 rings (SSSR count). The SMILES string of the molecule is COc1ccnc(OC)c1C(=O)C(=O)O. The molecule has 6 nitrogen and oxygen atoms in total. The van der Waals surface area contributed by atoms with Crippen molar-refractivity contribution >= 4 is 11.8 Å². The van der Waals surface area contributed by atoms with Gasteiger partial charge in [0, 0.05) is 6.20 Å². The van der Waals surface area contributed by atoms with Crippen LogP contribution in [0.4, 0.5) is 0 Å². The summed E-state index contributed by atoms with van der Waals surface area (Å²) in [5.41, 5.74) is -0.185. The Morgan fingerprint density at radius 3 is 2.47 bits per heavy atom. The first kappa shape index (κ1) is 11.0. The van der Waals surface area contributed by atoms with Crippen LogP contribution in [-0.2, 0) is 4.79 Å². The summed E-state index contributed by atoms with van der Waals surface area (Å²) in [6.45, 7) is 0. The Morgan fingerprint density at radius 2 is 2.00 bits per heavy atom. The third kappa shape index (κ3) is 2.04. The fourth-order valence-corrected chi connectivity index (χ4v) is 1.07. The maximum absolute atomic E-state index is 11.3. The van der Waals surface area contributed by atoms with Crippen molar-refractivity contribution in [2.45, 2.75) is 0 Å². The van der Waals surface area contributed by atoms with Gasteiger partial charge in [-0.15, -0.1) is 0 Å². The summed E-state index contributed by atoms with van der Waals surface area (Å²) in [5.74, 6) is -2.65. The number of hydrogen-bond donors (Lipinski definition) is 1. The van der Waals surface area contributed by atoms with Gasteiger partial charge in [-0.25, -0.2) is 9.78 Å². The van der Waals surface area contributed by atoms with E-state index in [0.29, 0.717) is 0 Å². The average Bonchev–Trinajstić information content (AvgIpc) is 2.26. The zero-order valence-corrected chi connectivity index (χ0v) is 8.18. The van der Waals surface area contributed by atoms with E-state index in [1.165, 1.54) is 26.5 Å². The van der Waals surface area contributed by atoms with E-state index in [9.17, 15) is 9.59 Å². The minimum Gasteiger partial charge on any atom is -0.496 e. The summed E-state index contributed by atoms with van der Waals surface area (Å²) in [6, 6.07) is 1.39. The molecule has 0 saturated carbocycles. The molecule has 0 spiro atoms. The van der Waals surface area contributed by atoms with Gasteiger partial charge < -0.3 is 14.6 Å². The molecule has 1 aromatic rings. The number of rotatable bonds is 4. The lowest BCUT2D eigenvalue weighted by molar-refractivity contribution is -0.131. The van der Waals surface area contributed by atoms with Gasteiger partial charge in [-0.3, -0.25) is 4.79 Å². The van der Waals surface area contributed by atoms with Crippen LogP contribution >= 0.6 is 0 Å². The molecule has 0 radical (unpaired) electrons. The van der Waals surface area contributed by atoms with Crippen molar-refractivity contribution in [3.05, 3.63) is 17.8 Å². The summed E-state index contributed by atoms with van der Waals surface area (Å²) in [7, 11) is 2.62. The van der Waals surface area contributed by atoms with Gasteiger partial charge in [-0.2, -0.15) is 0 Å². The average molecular weight is 211 g/mol. The largest absolute Gasteiger partial charge is 0.496 e. The molecule has 6 heteroatoms. The minimum absolute atomic E-state index is 0.0678. The molecule has 0 saturated heterocycles. The summed E-state index contributed by atoms with van der Waals surface area (Å²) in [4.78, 5) is 25.6. The van der Waals surface area contributed by atoms with E-state index >= 15 is 0 Å². The van der Waals surface area contributed by atoms with E-state index < -0.39 is 11.8 Å². The Morgan fingerprint density at radius 1 is 1.33 bits per heavy atom. The van der Waals surface area contributed by atoms with Crippen LogP contribution in [0.25, 0.3) is 0 Å². The van der Waals surface area contributed by atoms with Crippen LogP contribution in [-0.4, -0.2) is 36.1 Å². The molecule has 1 heterocycles. The Kier molecular flexibility index (Phi) is 3.22. The molecule has 0 atom stereocenters. The number of pyridine rings is 1. The number of Topliss-reactive ketones (excluding diaryl/α,β-unsaturated/α-hetero) is 1. The highest BCUT2D eigenvalue weighted by molar-refractivity contribution is 6.41. The normalized spacial score (nSPS) is 9.47. The number of nitrogens with zero attached hydrogens (tertiary/aromatic N) is 1. The molecule has 0 aliphatic heterocycles. The second kappa shape index (κ2) is 4.41. The molecular formula is C9H9NO5. The van der Waals surface area contributed by atoms with Crippen LogP contribution in [0.15, 0.2) is 12.3 Å². The molecule has 0 unspecified atom stereocenters. The standard InChI is InChI=1S/C9H9NO5/c1-14-5-3-4-10-8(15-2)6(5)7(11)9(12)13/h3-4H,1-2H3,(H,12,13). The van der Waals surface area contributed by atoms with Gasteiger partial charge >= 0.3 is 5.97 Å². The van der Waals surface area contributed by atoms with Gasteiger partial charge in [0.1, 0.15) is 11.3 Å². The van der Waals surface area contributed by atoms with E-state index in [0.717, 1.165) is 0 Å². The second-order valence-electron chi connectivity index (χ2n) is 2.53. The maximum atomic E-state index is 11.3. The molecule has 0 bridgehead atoms.